The lowest BCUT2D eigenvalue weighted by molar-refractivity contribution is -0.140. The van der Waals surface area contributed by atoms with Crippen LogP contribution in [0.5, 0.6) is 5.75 Å². The first kappa shape index (κ1) is 12.3. The molecular formula is C12H14O4. The van der Waals surface area contributed by atoms with Crippen molar-refractivity contribution in [1.82, 2.24) is 0 Å². The molecule has 1 rings (SSSR count). The predicted molar refractivity (Wildman–Crippen MR) is 59.1 cm³/mol. The van der Waals surface area contributed by atoms with E-state index < -0.39 is 12.6 Å². The molecule has 0 amide bonds. The fourth-order valence-corrected chi connectivity index (χ4v) is 0.977. The number of rotatable bonds is 6. The molecule has 0 spiro atoms. The molecule has 4 heteroatoms. The van der Waals surface area contributed by atoms with E-state index in [1.165, 1.54) is 0 Å². The van der Waals surface area contributed by atoms with Gasteiger partial charge in [0, 0.05) is 0 Å². The summed E-state index contributed by atoms with van der Waals surface area (Å²) < 4.78 is 10.1. The summed E-state index contributed by atoms with van der Waals surface area (Å²) in [5.41, 5.74) is 0.0414. The van der Waals surface area contributed by atoms with E-state index in [4.69, 9.17) is 14.6 Å². The molecular weight excluding hydrogens is 208 g/mol. The summed E-state index contributed by atoms with van der Waals surface area (Å²) in [5.74, 6) is 0.124. The zero-order chi connectivity index (χ0) is 11.8. The SMILES string of the molecule is C=C(CO)C(=O)OCCOc1ccccc1. The van der Waals surface area contributed by atoms with Gasteiger partial charge in [0.2, 0.25) is 0 Å². The van der Waals surface area contributed by atoms with Gasteiger partial charge < -0.3 is 14.6 Å². The van der Waals surface area contributed by atoms with Gasteiger partial charge >= 0.3 is 5.97 Å². The van der Waals surface area contributed by atoms with Gasteiger partial charge in [0.15, 0.2) is 0 Å². The van der Waals surface area contributed by atoms with Gasteiger partial charge in [0.05, 0.1) is 12.2 Å². The molecule has 0 saturated heterocycles. The third-order valence-electron chi connectivity index (χ3n) is 1.81. The van der Waals surface area contributed by atoms with Gasteiger partial charge in [-0.2, -0.15) is 0 Å². The van der Waals surface area contributed by atoms with Crippen molar-refractivity contribution in [3.63, 3.8) is 0 Å². The third kappa shape index (κ3) is 4.14. The largest absolute Gasteiger partial charge is 0.490 e. The fraction of sp³-hybridized carbons (Fsp3) is 0.250. The van der Waals surface area contributed by atoms with Gasteiger partial charge in [-0.15, -0.1) is 0 Å². The van der Waals surface area contributed by atoms with Crippen molar-refractivity contribution in [2.45, 2.75) is 0 Å². The second-order valence-electron chi connectivity index (χ2n) is 3.06. The van der Waals surface area contributed by atoms with Gasteiger partial charge in [0.25, 0.3) is 0 Å². The molecule has 16 heavy (non-hydrogen) atoms. The van der Waals surface area contributed by atoms with Crippen molar-refractivity contribution in [3.05, 3.63) is 42.5 Å². The molecule has 0 aromatic heterocycles. The first-order valence-corrected chi connectivity index (χ1v) is 4.87. The van der Waals surface area contributed by atoms with Crippen LogP contribution in [0.1, 0.15) is 0 Å². The molecule has 0 aliphatic rings. The highest BCUT2D eigenvalue weighted by Gasteiger charge is 2.06. The number of carbonyl (C=O) groups excluding carboxylic acids is 1. The number of aliphatic hydroxyl groups is 1. The highest BCUT2D eigenvalue weighted by Crippen LogP contribution is 2.07. The Morgan fingerprint density at radius 2 is 1.94 bits per heavy atom. The highest BCUT2D eigenvalue weighted by molar-refractivity contribution is 5.87. The topological polar surface area (TPSA) is 55.8 Å². The number of benzene rings is 1. The smallest absolute Gasteiger partial charge is 0.335 e. The van der Waals surface area contributed by atoms with E-state index in [0.717, 1.165) is 5.75 Å². The van der Waals surface area contributed by atoms with Crippen LogP contribution in [-0.4, -0.2) is 30.9 Å². The Kier molecular flexibility index (Phi) is 5.08. The number of hydrogen-bond acceptors (Lipinski definition) is 4. The number of para-hydroxylation sites is 1. The molecule has 0 aliphatic carbocycles. The van der Waals surface area contributed by atoms with Gasteiger partial charge in [-0.1, -0.05) is 24.8 Å². The second-order valence-corrected chi connectivity index (χ2v) is 3.06. The maximum atomic E-state index is 11.0. The van der Waals surface area contributed by atoms with Crippen molar-refractivity contribution in [2.75, 3.05) is 19.8 Å². The Morgan fingerprint density at radius 3 is 2.56 bits per heavy atom. The average molecular weight is 222 g/mol. The van der Waals surface area contributed by atoms with Crippen LogP contribution in [0.2, 0.25) is 0 Å². The zero-order valence-corrected chi connectivity index (χ0v) is 8.89. The molecule has 1 aromatic carbocycles. The summed E-state index contributed by atoms with van der Waals surface area (Å²) in [7, 11) is 0. The van der Waals surface area contributed by atoms with Crippen molar-refractivity contribution in [2.24, 2.45) is 0 Å². The minimum atomic E-state index is -0.598. The third-order valence-corrected chi connectivity index (χ3v) is 1.81. The van der Waals surface area contributed by atoms with E-state index in [1.54, 1.807) is 0 Å². The van der Waals surface area contributed by atoms with Crippen LogP contribution < -0.4 is 4.74 Å². The van der Waals surface area contributed by atoms with Gasteiger partial charge in [0.1, 0.15) is 19.0 Å². The number of carbonyl (C=O) groups is 1. The maximum Gasteiger partial charge on any atom is 0.335 e. The molecule has 0 fully saturated rings. The first-order chi connectivity index (χ1) is 7.74. The van der Waals surface area contributed by atoms with E-state index in [1.807, 2.05) is 30.3 Å². The Labute approximate surface area is 94.1 Å². The molecule has 0 atom stereocenters. The van der Waals surface area contributed by atoms with E-state index in [-0.39, 0.29) is 18.8 Å². The van der Waals surface area contributed by atoms with Crippen molar-refractivity contribution in [1.29, 1.82) is 0 Å². The van der Waals surface area contributed by atoms with Crippen LogP contribution in [0.3, 0.4) is 0 Å². The number of hydrogen-bond donors (Lipinski definition) is 1. The van der Waals surface area contributed by atoms with Crippen molar-refractivity contribution in [3.8, 4) is 5.75 Å². The van der Waals surface area contributed by atoms with E-state index >= 15 is 0 Å². The monoisotopic (exact) mass is 222 g/mol. The Balaban J connectivity index is 2.17. The van der Waals surface area contributed by atoms with Crippen molar-refractivity contribution < 1.29 is 19.4 Å². The molecule has 0 bridgehead atoms. The highest BCUT2D eigenvalue weighted by atomic mass is 16.6. The molecule has 1 aromatic rings. The summed E-state index contributed by atoms with van der Waals surface area (Å²) >= 11 is 0. The number of ether oxygens (including phenoxy) is 2. The van der Waals surface area contributed by atoms with Gasteiger partial charge in [-0.05, 0) is 12.1 Å². The van der Waals surface area contributed by atoms with Crippen LogP contribution in [0.25, 0.3) is 0 Å². The quantitative estimate of drug-likeness (QED) is 0.446. The lowest BCUT2D eigenvalue weighted by atomic mass is 10.3. The lowest BCUT2D eigenvalue weighted by Gasteiger charge is -2.07. The first-order valence-electron chi connectivity index (χ1n) is 4.87. The Bertz CT molecular complexity index is 345. The molecule has 4 nitrogen and oxygen atoms in total. The van der Waals surface area contributed by atoms with Crippen LogP contribution in [0, 0.1) is 0 Å². The standard InChI is InChI=1S/C12H14O4/c1-10(9-13)12(14)16-8-7-15-11-5-3-2-4-6-11/h2-6,13H,1,7-9H2. The summed E-state index contributed by atoms with van der Waals surface area (Å²) in [4.78, 5) is 11.0. The average Bonchev–Trinajstić information content (AvgIpc) is 2.34. The second kappa shape index (κ2) is 6.63. The Hall–Kier alpha value is -1.81. The fourth-order valence-electron chi connectivity index (χ4n) is 0.977. The summed E-state index contributed by atoms with van der Waals surface area (Å²) in [6.45, 7) is 3.36. The minimum absolute atomic E-state index is 0.0414. The predicted octanol–water partition coefficient (Wildman–Crippen LogP) is 1.16. The van der Waals surface area contributed by atoms with E-state index in [2.05, 4.69) is 6.58 Å². The summed E-state index contributed by atoms with van der Waals surface area (Å²) in [6.07, 6.45) is 0. The lowest BCUT2D eigenvalue weighted by Crippen LogP contribution is -2.14. The summed E-state index contributed by atoms with van der Waals surface area (Å²) in [5, 5.41) is 8.61. The number of aliphatic hydroxyl groups excluding tert-OH is 1. The normalized spacial score (nSPS) is 9.56. The van der Waals surface area contributed by atoms with E-state index in [0.29, 0.717) is 0 Å². The zero-order valence-electron chi connectivity index (χ0n) is 8.89. The molecule has 0 unspecified atom stereocenters. The molecule has 0 aliphatic heterocycles. The minimum Gasteiger partial charge on any atom is -0.490 e. The van der Waals surface area contributed by atoms with Gasteiger partial charge in [-0.3, -0.25) is 0 Å². The maximum absolute atomic E-state index is 11.0. The van der Waals surface area contributed by atoms with Crippen LogP contribution in [0.4, 0.5) is 0 Å². The molecule has 0 saturated carbocycles. The molecule has 1 N–H and O–H groups in total. The van der Waals surface area contributed by atoms with Crippen LogP contribution in [-0.2, 0) is 9.53 Å². The van der Waals surface area contributed by atoms with Crippen molar-refractivity contribution >= 4 is 5.97 Å². The molecule has 86 valence electrons. The van der Waals surface area contributed by atoms with Crippen LogP contribution >= 0.6 is 0 Å². The summed E-state index contributed by atoms with van der Waals surface area (Å²) in [6, 6.07) is 9.23. The Morgan fingerprint density at radius 1 is 1.25 bits per heavy atom. The van der Waals surface area contributed by atoms with E-state index in [9.17, 15) is 4.79 Å². The van der Waals surface area contributed by atoms with Gasteiger partial charge in [-0.25, -0.2) is 4.79 Å². The van der Waals surface area contributed by atoms with Crippen LogP contribution in [0.15, 0.2) is 42.5 Å². The number of esters is 1. The molecule has 0 radical (unpaired) electrons. The molecule has 0 heterocycles.